The lowest BCUT2D eigenvalue weighted by Gasteiger charge is -2.17. The predicted molar refractivity (Wildman–Crippen MR) is 73.8 cm³/mol. The molecule has 0 aromatic heterocycles. The molecule has 1 aromatic rings. The molecular weight excluding hydrogens is 260 g/mol. The highest BCUT2D eigenvalue weighted by Gasteiger charge is 2.35. The second-order valence-electron chi connectivity index (χ2n) is 5.01. The third kappa shape index (κ3) is 3.27. The minimum atomic E-state index is -0.959. The van der Waals surface area contributed by atoms with Crippen molar-refractivity contribution in [3.8, 4) is 0 Å². The fraction of sp³-hybridized carbons (Fsp3) is 0.429. The molecular formula is C14H18N2O4. The Bertz CT molecular complexity index is 530. The SMILES string of the molecule is Cc1ccc(C)c(NC(=O)NC2COCC2C(=O)O)c1. The lowest BCUT2D eigenvalue weighted by atomic mass is 10.0. The molecule has 3 N–H and O–H groups in total. The van der Waals surface area contributed by atoms with Crippen LogP contribution < -0.4 is 10.6 Å². The molecule has 1 aliphatic rings. The summed E-state index contributed by atoms with van der Waals surface area (Å²) in [6.07, 6.45) is 0. The number of nitrogens with one attached hydrogen (secondary N) is 2. The lowest BCUT2D eigenvalue weighted by molar-refractivity contribution is -0.142. The first kappa shape index (κ1) is 14.3. The maximum Gasteiger partial charge on any atom is 0.319 e. The number of amides is 2. The molecule has 1 aromatic carbocycles. The Morgan fingerprint density at radius 3 is 2.75 bits per heavy atom. The molecule has 2 unspecified atom stereocenters. The number of hydrogen-bond donors (Lipinski definition) is 3. The highest BCUT2D eigenvalue weighted by Crippen LogP contribution is 2.17. The van der Waals surface area contributed by atoms with Crippen LogP contribution >= 0.6 is 0 Å². The summed E-state index contributed by atoms with van der Waals surface area (Å²) in [5.41, 5.74) is 2.70. The third-order valence-corrected chi connectivity index (χ3v) is 3.36. The van der Waals surface area contributed by atoms with Crippen LogP contribution in [0.5, 0.6) is 0 Å². The molecule has 6 heteroatoms. The number of carboxylic acids is 1. The summed E-state index contributed by atoms with van der Waals surface area (Å²) in [6, 6.07) is 4.83. The minimum Gasteiger partial charge on any atom is -0.481 e. The van der Waals surface area contributed by atoms with Crippen LogP contribution in [0.4, 0.5) is 10.5 Å². The molecule has 1 heterocycles. The first-order valence-corrected chi connectivity index (χ1v) is 6.42. The molecule has 0 saturated carbocycles. The van der Waals surface area contributed by atoms with Crippen molar-refractivity contribution in [1.29, 1.82) is 0 Å². The molecule has 0 aliphatic carbocycles. The standard InChI is InChI=1S/C14H18N2O4/c1-8-3-4-9(2)11(5-8)15-14(19)16-12-7-20-6-10(12)13(17)18/h3-5,10,12H,6-7H2,1-2H3,(H,17,18)(H2,15,16,19). The van der Waals surface area contributed by atoms with E-state index in [2.05, 4.69) is 10.6 Å². The number of urea groups is 1. The fourth-order valence-electron chi connectivity index (χ4n) is 2.14. The van der Waals surface area contributed by atoms with Crippen molar-refractivity contribution < 1.29 is 19.4 Å². The molecule has 1 saturated heterocycles. The topological polar surface area (TPSA) is 87.7 Å². The number of ether oxygens (including phenoxy) is 1. The van der Waals surface area contributed by atoms with Gasteiger partial charge in [-0.3, -0.25) is 4.79 Å². The lowest BCUT2D eigenvalue weighted by Crippen LogP contribution is -2.44. The van der Waals surface area contributed by atoms with Crippen molar-refractivity contribution in [2.24, 2.45) is 5.92 Å². The first-order valence-electron chi connectivity index (χ1n) is 6.42. The van der Waals surface area contributed by atoms with Crippen molar-refractivity contribution >= 4 is 17.7 Å². The fourth-order valence-corrected chi connectivity index (χ4v) is 2.14. The monoisotopic (exact) mass is 278 g/mol. The van der Waals surface area contributed by atoms with Crippen LogP contribution in [-0.4, -0.2) is 36.4 Å². The zero-order chi connectivity index (χ0) is 14.7. The van der Waals surface area contributed by atoms with Crippen LogP contribution in [0.25, 0.3) is 0 Å². The van der Waals surface area contributed by atoms with Gasteiger partial charge in [-0.05, 0) is 31.0 Å². The quantitative estimate of drug-likeness (QED) is 0.782. The highest BCUT2D eigenvalue weighted by atomic mass is 16.5. The smallest absolute Gasteiger partial charge is 0.319 e. The number of carboxylic acid groups (broad SMARTS) is 1. The van der Waals surface area contributed by atoms with Crippen molar-refractivity contribution in [3.63, 3.8) is 0 Å². The summed E-state index contributed by atoms with van der Waals surface area (Å²) >= 11 is 0. The average molecular weight is 278 g/mol. The van der Waals surface area contributed by atoms with E-state index in [1.807, 2.05) is 32.0 Å². The first-order chi connectivity index (χ1) is 9.47. The molecule has 1 aliphatic heterocycles. The van der Waals surface area contributed by atoms with Gasteiger partial charge >= 0.3 is 12.0 Å². The molecule has 6 nitrogen and oxygen atoms in total. The van der Waals surface area contributed by atoms with Gasteiger partial charge in [0.2, 0.25) is 0 Å². The van der Waals surface area contributed by atoms with Crippen LogP contribution in [-0.2, 0) is 9.53 Å². The van der Waals surface area contributed by atoms with Gasteiger partial charge < -0.3 is 20.5 Å². The van der Waals surface area contributed by atoms with Gasteiger partial charge in [0, 0.05) is 5.69 Å². The summed E-state index contributed by atoms with van der Waals surface area (Å²) in [7, 11) is 0. The molecule has 108 valence electrons. The molecule has 0 spiro atoms. The summed E-state index contributed by atoms with van der Waals surface area (Å²) < 4.78 is 5.10. The van der Waals surface area contributed by atoms with Crippen molar-refractivity contribution in [2.75, 3.05) is 18.5 Å². The zero-order valence-corrected chi connectivity index (χ0v) is 11.5. The number of rotatable bonds is 3. The second-order valence-corrected chi connectivity index (χ2v) is 5.01. The molecule has 2 atom stereocenters. The average Bonchev–Trinajstić information content (AvgIpc) is 2.82. The van der Waals surface area contributed by atoms with Crippen molar-refractivity contribution in [3.05, 3.63) is 29.3 Å². The molecule has 2 rings (SSSR count). The largest absolute Gasteiger partial charge is 0.481 e. The summed E-state index contributed by atoms with van der Waals surface area (Å²) in [4.78, 5) is 22.9. The van der Waals surface area contributed by atoms with E-state index in [4.69, 9.17) is 9.84 Å². The van der Waals surface area contributed by atoms with Crippen LogP contribution in [0, 0.1) is 19.8 Å². The van der Waals surface area contributed by atoms with E-state index >= 15 is 0 Å². The molecule has 0 bridgehead atoms. The number of benzene rings is 1. The Labute approximate surface area is 117 Å². The summed E-state index contributed by atoms with van der Waals surface area (Å²) in [5.74, 6) is -1.65. The van der Waals surface area contributed by atoms with Crippen LogP contribution in [0.15, 0.2) is 18.2 Å². The van der Waals surface area contributed by atoms with Crippen LogP contribution in [0.2, 0.25) is 0 Å². The van der Waals surface area contributed by atoms with Crippen LogP contribution in [0.3, 0.4) is 0 Å². The van der Waals surface area contributed by atoms with Gasteiger partial charge in [-0.1, -0.05) is 12.1 Å². The Morgan fingerprint density at radius 2 is 2.05 bits per heavy atom. The molecule has 1 fully saturated rings. The van der Waals surface area contributed by atoms with Gasteiger partial charge in [0.15, 0.2) is 0 Å². The highest BCUT2D eigenvalue weighted by molar-refractivity contribution is 5.90. The predicted octanol–water partition coefficient (Wildman–Crippen LogP) is 1.52. The van der Waals surface area contributed by atoms with E-state index < -0.39 is 24.0 Å². The zero-order valence-electron chi connectivity index (χ0n) is 11.5. The van der Waals surface area contributed by atoms with E-state index in [1.165, 1.54) is 0 Å². The molecule has 2 amide bonds. The van der Waals surface area contributed by atoms with Crippen molar-refractivity contribution in [1.82, 2.24) is 5.32 Å². The van der Waals surface area contributed by atoms with E-state index in [0.717, 1.165) is 11.1 Å². The van der Waals surface area contributed by atoms with E-state index in [1.54, 1.807) is 0 Å². The second kappa shape index (κ2) is 5.92. The Kier molecular flexibility index (Phi) is 4.24. The Morgan fingerprint density at radius 1 is 1.30 bits per heavy atom. The maximum absolute atomic E-state index is 11.9. The third-order valence-electron chi connectivity index (χ3n) is 3.36. The van der Waals surface area contributed by atoms with Gasteiger partial charge in [0.25, 0.3) is 0 Å². The maximum atomic E-state index is 11.9. The van der Waals surface area contributed by atoms with Crippen molar-refractivity contribution in [2.45, 2.75) is 19.9 Å². The molecule has 20 heavy (non-hydrogen) atoms. The number of aryl methyl sites for hydroxylation is 2. The number of carbonyl (C=O) groups excluding carboxylic acids is 1. The molecule has 0 radical (unpaired) electrons. The van der Waals surface area contributed by atoms with E-state index in [9.17, 15) is 9.59 Å². The Balaban J connectivity index is 1.99. The summed E-state index contributed by atoms with van der Waals surface area (Å²) in [5, 5.41) is 14.4. The normalized spacial score (nSPS) is 21.5. The number of aliphatic carboxylic acids is 1. The van der Waals surface area contributed by atoms with Gasteiger partial charge in [-0.2, -0.15) is 0 Å². The van der Waals surface area contributed by atoms with E-state index in [-0.39, 0.29) is 13.2 Å². The van der Waals surface area contributed by atoms with Crippen LogP contribution in [0.1, 0.15) is 11.1 Å². The summed E-state index contributed by atoms with van der Waals surface area (Å²) in [6.45, 7) is 4.18. The Hall–Kier alpha value is -2.08. The van der Waals surface area contributed by atoms with Gasteiger partial charge in [-0.25, -0.2) is 4.79 Å². The van der Waals surface area contributed by atoms with Gasteiger partial charge in [0.05, 0.1) is 19.3 Å². The van der Waals surface area contributed by atoms with E-state index in [0.29, 0.717) is 5.69 Å². The number of carbonyl (C=O) groups is 2. The number of hydrogen-bond acceptors (Lipinski definition) is 3. The van der Waals surface area contributed by atoms with Gasteiger partial charge in [0.1, 0.15) is 5.92 Å². The van der Waals surface area contributed by atoms with Gasteiger partial charge in [-0.15, -0.1) is 0 Å². The minimum absolute atomic E-state index is 0.129. The number of anilines is 1.